The molecule has 0 aliphatic rings. The van der Waals surface area contributed by atoms with Crippen molar-refractivity contribution >= 4 is 11.9 Å². The molecule has 0 radical (unpaired) electrons. The Morgan fingerprint density at radius 3 is 2.28 bits per heavy atom. The van der Waals surface area contributed by atoms with Crippen LogP contribution in [0.5, 0.6) is 0 Å². The van der Waals surface area contributed by atoms with Gasteiger partial charge in [-0.05, 0) is 19.8 Å². The molecule has 1 unspecified atom stereocenters. The van der Waals surface area contributed by atoms with Crippen LogP contribution >= 0.6 is 0 Å². The summed E-state index contributed by atoms with van der Waals surface area (Å²) in [6.45, 7) is 4.46. The van der Waals surface area contributed by atoms with Crippen molar-refractivity contribution in [3.63, 3.8) is 0 Å². The number of methoxy groups -OCH3 is 1. The molecule has 6 nitrogen and oxygen atoms in total. The molecule has 0 bridgehead atoms. The predicted molar refractivity (Wildman–Crippen MR) is 64.3 cm³/mol. The van der Waals surface area contributed by atoms with Crippen LogP contribution in [-0.2, 0) is 23.8 Å². The number of carbonyl (C=O) groups excluding carboxylic acids is 1. The van der Waals surface area contributed by atoms with Gasteiger partial charge in [-0.3, -0.25) is 9.59 Å². The van der Waals surface area contributed by atoms with Gasteiger partial charge in [-0.1, -0.05) is 6.92 Å². The number of hydrogen-bond acceptors (Lipinski definition) is 5. The molecule has 1 atom stereocenters. The molecule has 0 saturated carbocycles. The first-order valence-corrected chi connectivity index (χ1v) is 6.02. The Balaban J connectivity index is 4.47. The lowest BCUT2D eigenvalue weighted by Crippen LogP contribution is -2.41. The van der Waals surface area contributed by atoms with Gasteiger partial charge in [0.05, 0.1) is 19.8 Å². The van der Waals surface area contributed by atoms with Crippen LogP contribution in [0.3, 0.4) is 0 Å². The SMILES string of the molecule is CCOC(=O)C(CC)(CCOCCOC)C(=O)O. The summed E-state index contributed by atoms with van der Waals surface area (Å²) in [5.74, 6) is -1.87. The Labute approximate surface area is 107 Å². The molecule has 0 spiro atoms. The maximum atomic E-state index is 11.8. The molecule has 18 heavy (non-hydrogen) atoms. The summed E-state index contributed by atoms with van der Waals surface area (Å²) >= 11 is 0. The Kier molecular flexibility index (Phi) is 8.32. The van der Waals surface area contributed by atoms with Crippen molar-refractivity contribution in [2.75, 3.05) is 33.5 Å². The maximum Gasteiger partial charge on any atom is 0.323 e. The second-order valence-corrected chi connectivity index (χ2v) is 3.82. The summed E-state index contributed by atoms with van der Waals surface area (Å²) < 4.78 is 14.9. The van der Waals surface area contributed by atoms with E-state index < -0.39 is 17.4 Å². The summed E-state index contributed by atoms with van der Waals surface area (Å²) in [6.07, 6.45) is 0.274. The molecular weight excluding hydrogens is 240 g/mol. The van der Waals surface area contributed by atoms with Gasteiger partial charge in [0.25, 0.3) is 0 Å². The number of carboxylic acids is 1. The molecule has 0 aromatic carbocycles. The standard InChI is InChI=1S/C12H22O6/c1-4-12(10(13)14,11(15)18-5-2)6-7-17-9-8-16-3/h4-9H2,1-3H3,(H,13,14). The number of hydrogen-bond donors (Lipinski definition) is 1. The first-order valence-electron chi connectivity index (χ1n) is 6.02. The lowest BCUT2D eigenvalue weighted by molar-refractivity contribution is -0.170. The molecule has 0 aromatic rings. The van der Waals surface area contributed by atoms with E-state index in [1.807, 2.05) is 0 Å². The van der Waals surface area contributed by atoms with Gasteiger partial charge in [0.1, 0.15) is 0 Å². The van der Waals surface area contributed by atoms with Gasteiger partial charge in [-0.2, -0.15) is 0 Å². The second kappa shape index (κ2) is 8.88. The third-order valence-corrected chi connectivity index (χ3v) is 2.78. The first kappa shape index (κ1) is 16.9. The summed E-state index contributed by atoms with van der Waals surface area (Å²) in [7, 11) is 1.55. The third-order valence-electron chi connectivity index (χ3n) is 2.78. The highest BCUT2D eigenvalue weighted by molar-refractivity contribution is 5.99. The van der Waals surface area contributed by atoms with E-state index >= 15 is 0 Å². The fraction of sp³-hybridized carbons (Fsp3) is 0.833. The van der Waals surface area contributed by atoms with Gasteiger partial charge in [0, 0.05) is 13.7 Å². The van der Waals surface area contributed by atoms with Gasteiger partial charge in [-0.15, -0.1) is 0 Å². The minimum atomic E-state index is -1.51. The molecule has 6 heteroatoms. The molecular formula is C12H22O6. The molecule has 1 N–H and O–H groups in total. The van der Waals surface area contributed by atoms with Crippen molar-refractivity contribution in [2.24, 2.45) is 5.41 Å². The molecule has 0 aliphatic carbocycles. The van der Waals surface area contributed by atoms with Gasteiger partial charge < -0.3 is 19.3 Å². The molecule has 106 valence electrons. The van der Waals surface area contributed by atoms with E-state index in [-0.39, 0.29) is 26.1 Å². The number of aliphatic carboxylic acids is 1. The number of rotatable bonds is 10. The maximum absolute atomic E-state index is 11.8. The van der Waals surface area contributed by atoms with Crippen molar-refractivity contribution in [3.05, 3.63) is 0 Å². The fourth-order valence-electron chi connectivity index (χ4n) is 1.53. The predicted octanol–water partition coefficient (Wildman–Crippen LogP) is 1.08. The Morgan fingerprint density at radius 1 is 1.17 bits per heavy atom. The Bertz CT molecular complexity index is 265. The Hall–Kier alpha value is -1.14. The van der Waals surface area contributed by atoms with E-state index in [9.17, 15) is 14.7 Å². The highest BCUT2D eigenvalue weighted by atomic mass is 16.5. The average molecular weight is 262 g/mol. The van der Waals surface area contributed by atoms with Crippen LogP contribution in [0.4, 0.5) is 0 Å². The molecule has 0 saturated heterocycles. The van der Waals surface area contributed by atoms with E-state index in [0.717, 1.165) is 0 Å². The summed E-state index contributed by atoms with van der Waals surface area (Å²) in [5, 5.41) is 9.24. The van der Waals surface area contributed by atoms with Crippen LogP contribution in [0.1, 0.15) is 26.7 Å². The molecule has 0 heterocycles. The van der Waals surface area contributed by atoms with Crippen molar-refractivity contribution in [2.45, 2.75) is 26.7 Å². The minimum Gasteiger partial charge on any atom is -0.480 e. The summed E-state index contributed by atoms with van der Waals surface area (Å²) in [5.41, 5.74) is -1.51. The number of carboxylic acid groups (broad SMARTS) is 1. The number of esters is 1. The average Bonchev–Trinajstić information content (AvgIpc) is 2.34. The number of ether oxygens (including phenoxy) is 3. The summed E-state index contributed by atoms with van der Waals surface area (Å²) in [6, 6.07) is 0. The zero-order valence-corrected chi connectivity index (χ0v) is 11.2. The van der Waals surface area contributed by atoms with Crippen LogP contribution in [0, 0.1) is 5.41 Å². The highest BCUT2D eigenvalue weighted by Crippen LogP contribution is 2.29. The second-order valence-electron chi connectivity index (χ2n) is 3.82. The van der Waals surface area contributed by atoms with Crippen molar-refractivity contribution in [1.82, 2.24) is 0 Å². The topological polar surface area (TPSA) is 82.1 Å². The van der Waals surface area contributed by atoms with Crippen molar-refractivity contribution in [3.8, 4) is 0 Å². The number of carbonyl (C=O) groups is 2. The van der Waals surface area contributed by atoms with E-state index in [2.05, 4.69) is 0 Å². The van der Waals surface area contributed by atoms with E-state index in [0.29, 0.717) is 13.2 Å². The molecule has 0 aliphatic heterocycles. The lowest BCUT2D eigenvalue weighted by Gasteiger charge is -2.25. The minimum absolute atomic E-state index is 0.0986. The van der Waals surface area contributed by atoms with Crippen LogP contribution < -0.4 is 0 Å². The fourth-order valence-corrected chi connectivity index (χ4v) is 1.53. The van der Waals surface area contributed by atoms with Gasteiger partial charge in [0.2, 0.25) is 0 Å². The van der Waals surface area contributed by atoms with Crippen LogP contribution in [0.25, 0.3) is 0 Å². The van der Waals surface area contributed by atoms with E-state index in [1.165, 1.54) is 0 Å². The van der Waals surface area contributed by atoms with Crippen LogP contribution in [0.2, 0.25) is 0 Å². The highest BCUT2D eigenvalue weighted by Gasteiger charge is 2.45. The lowest BCUT2D eigenvalue weighted by atomic mass is 9.82. The van der Waals surface area contributed by atoms with Crippen LogP contribution in [-0.4, -0.2) is 50.6 Å². The van der Waals surface area contributed by atoms with Gasteiger partial charge in [-0.25, -0.2) is 0 Å². The monoisotopic (exact) mass is 262 g/mol. The molecule has 0 amide bonds. The third kappa shape index (κ3) is 4.62. The molecule has 0 rings (SSSR count). The largest absolute Gasteiger partial charge is 0.480 e. The smallest absolute Gasteiger partial charge is 0.323 e. The van der Waals surface area contributed by atoms with E-state index in [4.69, 9.17) is 14.2 Å². The first-order chi connectivity index (χ1) is 8.55. The molecule has 0 fully saturated rings. The normalized spacial score (nSPS) is 13.9. The molecule has 0 aromatic heterocycles. The zero-order valence-electron chi connectivity index (χ0n) is 11.2. The van der Waals surface area contributed by atoms with Gasteiger partial charge in [0.15, 0.2) is 5.41 Å². The quantitative estimate of drug-likeness (QED) is 0.360. The summed E-state index contributed by atoms with van der Waals surface area (Å²) in [4.78, 5) is 23.1. The van der Waals surface area contributed by atoms with Crippen molar-refractivity contribution < 1.29 is 28.9 Å². The van der Waals surface area contributed by atoms with E-state index in [1.54, 1.807) is 21.0 Å². The zero-order chi connectivity index (χ0) is 14.0. The van der Waals surface area contributed by atoms with Gasteiger partial charge >= 0.3 is 11.9 Å². The Morgan fingerprint density at radius 2 is 1.83 bits per heavy atom. The van der Waals surface area contributed by atoms with Crippen LogP contribution in [0.15, 0.2) is 0 Å². The van der Waals surface area contributed by atoms with Crippen molar-refractivity contribution in [1.29, 1.82) is 0 Å².